The van der Waals surface area contributed by atoms with Crippen molar-refractivity contribution in [2.45, 2.75) is 45.9 Å². The molecule has 4 rings (SSSR count). The van der Waals surface area contributed by atoms with Crippen molar-refractivity contribution in [3.8, 4) is 5.75 Å². The summed E-state index contributed by atoms with van der Waals surface area (Å²) in [5.41, 5.74) is 1.80. The third kappa shape index (κ3) is 4.90. The fourth-order valence-corrected chi connectivity index (χ4v) is 4.08. The van der Waals surface area contributed by atoms with E-state index < -0.39 is 5.60 Å². The highest BCUT2D eigenvalue weighted by Crippen LogP contribution is 2.31. The van der Waals surface area contributed by atoms with E-state index in [1.807, 2.05) is 67.9 Å². The average Bonchev–Trinajstić information content (AvgIpc) is 3.19. The van der Waals surface area contributed by atoms with E-state index in [4.69, 9.17) is 9.47 Å². The van der Waals surface area contributed by atoms with Crippen molar-refractivity contribution in [1.29, 1.82) is 0 Å². The number of nitrogens with zero attached hydrogens (tertiary/aromatic N) is 3. The number of fused-ring (bicyclic) bond motifs is 1. The molecule has 178 valence electrons. The lowest BCUT2D eigenvalue weighted by Crippen LogP contribution is -2.52. The summed E-state index contributed by atoms with van der Waals surface area (Å²) in [6.45, 7) is 6.05. The van der Waals surface area contributed by atoms with Gasteiger partial charge in [0.25, 0.3) is 0 Å². The molecule has 0 N–H and O–H groups in total. The molecule has 0 atom stereocenters. The molecule has 8 nitrogen and oxygen atoms in total. The van der Waals surface area contributed by atoms with E-state index in [0.29, 0.717) is 18.0 Å². The van der Waals surface area contributed by atoms with Crippen LogP contribution in [-0.2, 0) is 27.4 Å². The van der Waals surface area contributed by atoms with Crippen LogP contribution in [0.25, 0.3) is 10.9 Å². The second kappa shape index (κ2) is 9.21. The van der Waals surface area contributed by atoms with E-state index >= 15 is 0 Å². The Morgan fingerprint density at radius 2 is 1.76 bits per heavy atom. The minimum Gasteiger partial charge on any atom is -0.497 e. The maximum atomic E-state index is 13.4. The molecule has 1 aliphatic rings. The van der Waals surface area contributed by atoms with Gasteiger partial charge in [-0.25, -0.2) is 4.79 Å². The third-order valence-electron chi connectivity index (χ3n) is 5.61. The second-order valence-corrected chi connectivity index (χ2v) is 9.25. The van der Waals surface area contributed by atoms with Crippen molar-refractivity contribution in [1.82, 2.24) is 9.47 Å². The van der Waals surface area contributed by atoms with E-state index in [-0.39, 0.29) is 37.4 Å². The fraction of sp³-hybridized carbons (Fsp3) is 0.346. The Balaban J connectivity index is 1.58. The summed E-state index contributed by atoms with van der Waals surface area (Å²) in [6, 6.07) is 14.4. The highest BCUT2D eigenvalue weighted by Gasteiger charge is 2.33. The molecule has 1 saturated heterocycles. The topological polar surface area (TPSA) is 81.1 Å². The van der Waals surface area contributed by atoms with Gasteiger partial charge < -0.3 is 14.0 Å². The van der Waals surface area contributed by atoms with Crippen LogP contribution in [0, 0.1) is 0 Å². The Kier molecular flexibility index (Phi) is 6.32. The lowest BCUT2D eigenvalue weighted by Gasteiger charge is -2.34. The molecule has 2 aromatic carbocycles. The van der Waals surface area contributed by atoms with Gasteiger partial charge in [-0.05, 0) is 56.7 Å². The Morgan fingerprint density at radius 3 is 2.44 bits per heavy atom. The Bertz CT molecular complexity index is 1220. The largest absolute Gasteiger partial charge is 0.497 e. The van der Waals surface area contributed by atoms with Gasteiger partial charge in [-0.2, -0.15) is 0 Å². The normalized spacial score (nSPS) is 14.6. The van der Waals surface area contributed by atoms with Gasteiger partial charge in [-0.1, -0.05) is 18.2 Å². The highest BCUT2D eigenvalue weighted by molar-refractivity contribution is 6.09. The van der Waals surface area contributed by atoms with E-state index in [1.54, 1.807) is 24.1 Å². The summed E-state index contributed by atoms with van der Waals surface area (Å²) in [5.74, 6) is 0.177. The van der Waals surface area contributed by atoms with Crippen LogP contribution in [-0.4, -0.2) is 46.6 Å². The number of carbonyl (C=O) groups is 3. The predicted molar refractivity (Wildman–Crippen MR) is 129 cm³/mol. The van der Waals surface area contributed by atoms with Crippen molar-refractivity contribution < 1.29 is 23.9 Å². The molecule has 1 aliphatic heterocycles. The number of aromatic nitrogens is 1. The number of ether oxygens (including phenoxy) is 2. The smallest absolute Gasteiger partial charge is 0.331 e. The molecular formula is C26H29N3O5. The highest BCUT2D eigenvalue weighted by atomic mass is 16.6. The number of rotatable bonds is 6. The van der Waals surface area contributed by atoms with Crippen LogP contribution in [0.1, 0.15) is 32.8 Å². The zero-order chi connectivity index (χ0) is 24.5. The number of hydrogen-bond acceptors (Lipinski definition) is 5. The summed E-state index contributed by atoms with van der Waals surface area (Å²) in [6.07, 6.45) is 2.05. The van der Waals surface area contributed by atoms with Crippen LogP contribution < -0.4 is 9.64 Å². The van der Waals surface area contributed by atoms with Crippen molar-refractivity contribution >= 4 is 34.5 Å². The van der Waals surface area contributed by atoms with E-state index in [9.17, 15) is 14.4 Å². The number of hydrogen-bond donors (Lipinski definition) is 0. The molecule has 0 spiro atoms. The van der Waals surface area contributed by atoms with Crippen LogP contribution >= 0.6 is 0 Å². The molecule has 0 saturated carbocycles. The number of anilines is 1. The number of carbonyl (C=O) groups excluding carboxylic acids is 3. The number of methoxy groups -OCH3 is 1. The fourth-order valence-electron chi connectivity index (χ4n) is 4.08. The maximum Gasteiger partial charge on any atom is 0.331 e. The Labute approximate surface area is 198 Å². The molecule has 0 bridgehead atoms. The lowest BCUT2D eigenvalue weighted by atomic mass is 10.1. The molecule has 1 aromatic heterocycles. The standard InChI is InChI=1S/C26H29N3O5/c1-26(2,3)34-24(31)17-27-14-12-20-21(27)6-5-7-22(20)28-15-13-23(30)29(25(28)32)16-18-8-10-19(33-4)11-9-18/h5-12,14H,13,15-17H2,1-4H3. The molecule has 8 heteroatoms. The molecule has 3 aromatic rings. The first kappa shape index (κ1) is 23.4. The molecule has 0 radical (unpaired) electrons. The Hall–Kier alpha value is -3.81. The number of imide groups is 1. The molecule has 1 fully saturated rings. The predicted octanol–water partition coefficient (Wildman–Crippen LogP) is 4.35. The van der Waals surface area contributed by atoms with Crippen LogP contribution in [0.4, 0.5) is 10.5 Å². The first-order valence-electron chi connectivity index (χ1n) is 11.2. The van der Waals surface area contributed by atoms with Gasteiger partial charge in [0.2, 0.25) is 5.91 Å². The summed E-state index contributed by atoms with van der Waals surface area (Å²) in [5, 5.41) is 0.832. The summed E-state index contributed by atoms with van der Waals surface area (Å²) in [7, 11) is 1.59. The first-order valence-corrected chi connectivity index (χ1v) is 11.2. The van der Waals surface area contributed by atoms with Gasteiger partial charge >= 0.3 is 12.0 Å². The SMILES string of the molecule is COc1ccc(CN2C(=O)CCN(c3cccc4c3ccn4CC(=O)OC(C)(C)C)C2=O)cc1. The van der Waals surface area contributed by atoms with Crippen LogP contribution in [0.5, 0.6) is 5.75 Å². The van der Waals surface area contributed by atoms with Gasteiger partial charge in [0, 0.05) is 24.5 Å². The van der Waals surface area contributed by atoms with E-state index in [2.05, 4.69) is 0 Å². The van der Waals surface area contributed by atoms with E-state index in [1.165, 1.54) is 4.90 Å². The quantitative estimate of drug-likeness (QED) is 0.508. The van der Waals surface area contributed by atoms with Crippen LogP contribution in [0.2, 0.25) is 0 Å². The Morgan fingerprint density at radius 1 is 1.03 bits per heavy atom. The van der Waals surface area contributed by atoms with Crippen LogP contribution in [0.15, 0.2) is 54.7 Å². The maximum absolute atomic E-state index is 13.4. The zero-order valence-electron chi connectivity index (χ0n) is 19.9. The monoisotopic (exact) mass is 463 g/mol. The molecule has 0 aliphatic carbocycles. The van der Waals surface area contributed by atoms with E-state index in [0.717, 1.165) is 16.5 Å². The van der Waals surface area contributed by atoms with Crippen molar-refractivity contribution in [2.24, 2.45) is 0 Å². The number of amides is 3. The van der Waals surface area contributed by atoms with Crippen molar-refractivity contribution in [3.05, 3.63) is 60.3 Å². The van der Waals surface area contributed by atoms with Gasteiger partial charge in [0.1, 0.15) is 17.9 Å². The zero-order valence-corrected chi connectivity index (χ0v) is 19.9. The van der Waals surface area contributed by atoms with Crippen LogP contribution in [0.3, 0.4) is 0 Å². The van der Waals surface area contributed by atoms with Gasteiger partial charge in [0.05, 0.1) is 24.9 Å². The molecule has 0 unspecified atom stereocenters. The molecule has 34 heavy (non-hydrogen) atoms. The molecular weight excluding hydrogens is 434 g/mol. The number of benzene rings is 2. The number of urea groups is 1. The minimum atomic E-state index is -0.564. The van der Waals surface area contributed by atoms with Gasteiger partial charge in [-0.15, -0.1) is 0 Å². The van der Waals surface area contributed by atoms with Gasteiger partial charge in [-0.3, -0.25) is 19.4 Å². The summed E-state index contributed by atoms with van der Waals surface area (Å²) < 4.78 is 12.4. The molecule has 2 heterocycles. The molecule has 3 amide bonds. The minimum absolute atomic E-state index is 0.0697. The van der Waals surface area contributed by atoms with Crippen molar-refractivity contribution in [2.75, 3.05) is 18.6 Å². The first-order chi connectivity index (χ1) is 16.2. The summed E-state index contributed by atoms with van der Waals surface area (Å²) in [4.78, 5) is 41.2. The second-order valence-electron chi connectivity index (χ2n) is 9.25. The average molecular weight is 464 g/mol. The third-order valence-corrected chi connectivity index (χ3v) is 5.61. The number of esters is 1. The summed E-state index contributed by atoms with van der Waals surface area (Å²) >= 11 is 0. The van der Waals surface area contributed by atoms with Gasteiger partial charge in [0.15, 0.2) is 0 Å². The lowest BCUT2D eigenvalue weighted by molar-refractivity contribution is -0.155. The van der Waals surface area contributed by atoms with Crippen molar-refractivity contribution in [3.63, 3.8) is 0 Å².